The Hall–Kier alpha value is -2.05. The molecule has 84 valence electrons. The molecule has 16 heavy (non-hydrogen) atoms. The van der Waals surface area contributed by atoms with E-state index >= 15 is 0 Å². The summed E-state index contributed by atoms with van der Waals surface area (Å²) in [5.74, 6) is 0.00972. The molecular formula is C9H8F2N4O. The van der Waals surface area contributed by atoms with Crippen LogP contribution in [0.3, 0.4) is 0 Å². The van der Waals surface area contributed by atoms with E-state index in [2.05, 4.69) is 20.5 Å². The molecule has 0 radical (unpaired) electrons. The number of alkyl halides is 2. The topological polar surface area (TPSA) is 63.8 Å². The van der Waals surface area contributed by atoms with E-state index in [4.69, 9.17) is 4.42 Å². The van der Waals surface area contributed by atoms with Crippen molar-refractivity contribution < 1.29 is 13.2 Å². The number of pyridine rings is 1. The average Bonchev–Trinajstić information content (AvgIpc) is 2.78. The molecule has 0 amide bonds. The lowest BCUT2D eigenvalue weighted by atomic mass is 10.3. The highest BCUT2D eigenvalue weighted by Gasteiger charge is 2.16. The summed E-state index contributed by atoms with van der Waals surface area (Å²) in [6.45, 7) is 0. The molecule has 0 saturated carbocycles. The van der Waals surface area contributed by atoms with Gasteiger partial charge in [0.05, 0.1) is 5.56 Å². The van der Waals surface area contributed by atoms with Crippen LogP contribution < -0.4 is 5.32 Å². The SMILES string of the molecule is CNc1ccc(-c2nnc(C(F)F)o2)cn1. The summed E-state index contributed by atoms with van der Waals surface area (Å²) in [7, 11) is 1.73. The van der Waals surface area contributed by atoms with Crippen LogP contribution in [0.2, 0.25) is 0 Å². The lowest BCUT2D eigenvalue weighted by Crippen LogP contribution is -1.91. The molecule has 7 heteroatoms. The summed E-state index contributed by atoms with van der Waals surface area (Å²) < 4.78 is 29.2. The van der Waals surface area contributed by atoms with Gasteiger partial charge in [-0.05, 0) is 12.1 Å². The molecule has 0 aliphatic rings. The van der Waals surface area contributed by atoms with Crippen LogP contribution in [-0.2, 0) is 0 Å². The van der Waals surface area contributed by atoms with E-state index < -0.39 is 12.3 Å². The molecule has 0 fully saturated rings. The maximum atomic E-state index is 12.2. The molecule has 0 spiro atoms. The summed E-state index contributed by atoms with van der Waals surface area (Å²) in [6, 6.07) is 3.34. The van der Waals surface area contributed by atoms with Gasteiger partial charge in [0.25, 0.3) is 5.89 Å². The van der Waals surface area contributed by atoms with Gasteiger partial charge in [-0.2, -0.15) is 8.78 Å². The molecule has 2 heterocycles. The Morgan fingerprint density at radius 3 is 2.62 bits per heavy atom. The van der Waals surface area contributed by atoms with Crippen LogP contribution in [0.1, 0.15) is 12.3 Å². The predicted molar refractivity (Wildman–Crippen MR) is 52.0 cm³/mol. The highest BCUT2D eigenvalue weighted by atomic mass is 19.3. The standard InChI is InChI=1S/C9H8F2N4O/c1-12-6-3-2-5(4-13-6)8-14-15-9(16-8)7(10)11/h2-4,7H,1H3,(H,12,13). The smallest absolute Gasteiger partial charge is 0.314 e. The van der Waals surface area contributed by atoms with Gasteiger partial charge < -0.3 is 9.73 Å². The summed E-state index contributed by atoms with van der Waals surface area (Å²) in [5, 5.41) is 9.56. The summed E-state index contributed by atoms with van der Waals surface area (Å²) >= 11 is 0. The van der Waals surface area contributed by atoms with Gasteiger partial charge >= 0.3 is 6.43 Å². The fraction of sp³-hybridized carbons (Fsp3) is 0.222. The second kappa shape index (κ2) is 4.21. The van der Waals surface area contributed by atoms with Crippen LogP contribution in [0.4, 0.5) is 14.6 Å². The second-order valence-corrected chi connectivity index (χ2v) is 2.93. The van der Waals surface area contributed by atoms with E-state index in [0.29, 0.717) is 11.4 Å². The Labute approximate surface area is 89.5 Å². The quantitative estimate of drug-likeness (QED) is 0.868. The van der Waals surface area contributed by atoms with Gasteiger partial charge in [-0.15, -0.1) is 10.2 Å². The molecule has 0 saturated heterocycles. The van der Waals surface area contributed by atoms with E-state index in [1.54, 1.807) is 19.2 Å². The molecule has 0 bridgehead atoms. The third-order valence-electron chi connectivity index (χ3n) is 1.89. The summed E-state index contributed by atoms with van der Waals surface area (Å²) in [4.78, 5) is 4.00. The van der Waals surface area contributed by atoms with E-state index in [1.807, 2.05) is 0 Å². The zero-order valence-electron chi connectivity index (χ0n) is 8.32. The number of rotatable bonds is 3. The maximum Gasteiger partial charge on any atom is 0.314 e. The third-order valence-corrected chi connectivity index (χ3v) is 1.89. The van der Waals surface area contributed by atoms with Crippen LogP contribution in [-0.4, -0.2) is 22.2 Å². The minimum atomic E-state index is -2.76. The Bertz CT molecular complexity index is 469. The normalized spacial score (nSPS) is 10.8. The van der Waals surface area contributed by atoms with E-state index in [-0.39, 0.29) is 5.89 Å². The maximum absolute atomic E-state index is 12.2. The van der Waals surface area contributed by atoms with Crippen LogP contribution in [0.5, 0.6) is 0 Å². The van der Waals surface area contributed by atoms with Crippen molar-refractivity contribution in [3.8, 4) is 11.5 Å². The number of anilines is 1. The number of hydrogen-bond donors (Lipinski definition) is 1. The number of nitrogens with zero attached hydrogens (tertiary/aromatic N) is 3. The summed E-state index contributed by atoms with van der Waals surface area (Å²) in [5.41, 5.74) is 0.499. The minimum Gasteiger partial charge on any atom is -0.415 e. The first-order valence-corrected chi connectivity index (χ1v) is 4.46. The Kier molecular flexibility index (Phi) is 2.76. The Balaban J connectivity index is 2.28. The molecule has 5 nitrogen and oxygen atoms in total. The molecule has 1 N–H and O–H groups in total. The Morgan fingerprint density at radius 1 is 1.31 bits per heavy atom. The number of hydrogen-bond acceptors (Lipinski definition) is 5. The van der Waals surface area contributed by atoms with Gasteiger partial charge in [0.2, 0.25) is 5.89 Å². The zero-order chi connectivity index (χ0) is 11.5. The molecule has 2 aromatic heterocycles. The van der Waals surface area contributed by atoms with Crippen molar-refractivity contribution in [1.29, 1.82) is 0 Å². The van der Waals surface area contributed by atoms with Crippen molar-refractivity contribution in [2.75, 3.05) is 12.4 Å². The van der Waals surface area contributed by atoms with Crippen molar-refractivity contribution in [1.82, 2.24) is 15.2 Å². The monoisotopic (exact) mass is 226 g/mol. The third kappa shape index (κ3) is 1.97. The first-order chi connectivity index (χ1) is 7.70. The highest BCUT2D eigenvalue weighted by Crippen LogP contribution is 2.22. The number of nitrogens with one attached hydrogen (secondary N) is 1. The van der Waals surface area contributed by atoms with E-state index in [1.165, 1.54) is 6.20 Å². The van der Waals surface area contributed by atoms with Crippen molar-refractivity contribution >= 4 is 5.82 Å². The van der Waals surface area contributed by atoms with Gasteiger partial charge in [0.15, 0.2) is 0 Å². The molecule has 2 aromatic rings. The van der Waals surface area contributed by atoms with Crippen LogP contribution in [0, 0.1) is 0 Å². The van der Waals surface area contributed by atoms with Crippen molar-refractivity contribution in [2.45, 2.75) is 6.43 Å². The first kappa shape index (κ1) is 10.5. The Morgan fingerprint density at radius 2 is 2.12 bits per heavy atom. The first-order valence-electron chi connectivity index (χ1n) is 4.46. The molecule has 0 aliphatic heterocycles. The van der Waals surface area contributed by atoms with Crippen LogP contribution in [0.15, 0.2) is 22.7 Å². The van der Waals surface area contributed by atoms with Gasteiger partial charge in [-0.3, -0.25) is 0 Å². The zero-order valence-corrected chi connectivity index (χ0v) is 8.32. The fourth-order valence-electron chi connectivity index (χ4n) is 1.11. The number of aromatic nitrogens is 3. The number of halogens is 2. The molecule has 0 aliphatic carbocycles. The van der Waals surface area contributed by atoms with E-state index in [0.717, 1.165) is 0 Å². The summed E-state index contributed by atoms with van der Waals surface area (Å²) in [6.07, 6.45) is -1.29. The van der Waals surface area contributed by atoms with Gasteiger partial charge in [0, 0.05) is 13.2 Å². The lowest BCUT2D eigenvalue weighted by molar-refractivity contribution is 0.116. The molecule has 0 atom stereocenters. The molecule has 0 aromatic carbocycles. The fourth-order valence-corrected chi connectivity index (χ4v) is 1.11. The second-order valence-electron chi connectivity index (χ2n) is 2.93. The van der Waals surface area contributed by atoms with Crippen molar-refractivity contribution in [3.63, 3.8) is 0 Å². The highest BCUT2D eigenvalue weighted by molar-refractivity contribution is 5.53. The predicted octanol–water partition coefficient (Wildman–Crippen LogP) is 2.11. The largest absolute Gasteiger partial charge is 0.415 e. The van der Waals surface area contributed by atoms with Crippen molar-refractivity contribution in [2.24, 2.45) is 0 Å². The van der Waals surface area contributed by atoms with Crippen LogP contribution >= 0.6 is 0 Å². The van der Waals surface area contributed by atoms with Crippen molar-refractivity contribution in [3.05, 3.63) is 24.2 Å². The lowest BCUT2D eigenvalue weighted by Gasteiger charge is -1.98. The van der Waals surface area contributed by atoms with Gasteiger partial charge in [0.1, 0.15) is 5.82 Å². The molecule has 0 unspecified atom stereocenters. The van der Waals surface area contributed by atoms with Crippen LogP contribution in [0.25, 0.3) is 11.5 Å². The minimum absolute atomic E-state index is 0.0328. The van der Waals surface area contributed by atoms with Gasteiger partial charge in [-0.25, -0.2) is 4.98 Å². The average molecular weight is 226 g/mol. The molecular weight excluding hydrogens is 218 g/mol. The molecule has 2 rings (SSSR count). The van der Waals surface area contributed by atoms with Gasteiger partial charge in [-0.1, -0.05) is 0 Å². The van der Waals surface area contributed by atoms with E-state index in [9.17, 15) is 8.78 Å².